The summed E-state index contributed by atoms with van der Waals surface area (Å²) in [5, 5.41) is 27.1. The monoisotopic (exact) mass is 418 g/mol. The molecule has 0 bridgehead atoms. The maximum Gasteiger partial charge on any atom is 0.0958 e. The quantitative estimate of drug-likeness (QED) is 0.301. The van der Waals surface area contributed by atoms with Crippen LogP contribution in [0.5, 0.6) is 0 Å². The summed E-state index contributed by atoms with van der Waals surface area (Å²) in [6.07, 6.45) is 7.77. The van der Waals surface area contributed by atoms with Crippen molar-refractivity contribution in [1.82, 2.24) is 0 Å². The van der Waals surface area contributed by atoms with Crippen molar-refractivity contribution < 1.29 is 10.4 Å². The predicted octanol–water partition coefficient (Wildman–Crippen LogP) is 7.00. The molecule has 0 spiro atoms. The summed E-state index contributed by atoms with van der Waals surface area (Å²) in [7, 11) is 0. The van der Waals surface area contributed by atoms with Crippen LogP contribution in [0.2, 0.25) is 0 Å². The van der Waals surface area contributed by atoms with Crippen molar-refractivity contribution in [3.8, 4) is 11.1 Å². The Bertz CT molecular complexity index is 998. The lowest BCUT2D eigenvalue weighted by Crippen LogP contribution is -2.33. The smallest absolute Gasteiger partial charge is 0.0958 e. The standard InChI is InChI=1S/C27H34N2O2/c1-4-27(5-2)23-14-10-9-13-21(23)22-16-15-20(17-24(22)27)26(29-31)25(18(3)28-30)19-11-7-6-8-12-19/h9-10,13-17,19,25,30-31H,4-8,11-12H2,1-3H3. The summed E-state index contributed by atoms with van der Waals surface area (Å²) in [6, 6.07) is 15.2. The fraction of sp³-hybridized carbons (Fsp3) is 0.481. The van der Waals surface area contributed by atoms with E-state index in [0.29, 0.717) is 17.3 Å². The first-order valence-corrected chi connectivity index (χ1v) is 11.8. The van der Waals surface area contributed by atoms with Gasteiger partial charge in [0.25, 0.3) is 0 Å². The molecule has 1 unspecified atom stereocenters. The van der Waals surface area contributed by atoms with Crippen molar-refractivity contribution in [2.45, 2.75) is 71.1 Å². The van der Waals surface area contributed by atoms with Gasteiger partial charge in [0.15, 0.2) is 0 Å². The number of hydrogen-bond donors (Lipinski definition) is 2. The molecule has 2 aliphatic rings. The summed E-state index contributed by atoms with van der Waals surface area (Å²) in [5.74, 6) is 0.165. The van der Waals surface area contributed by atoms with Gasteiger partial charge in [-0.25, -0.2) is 0 Å². The van der Waals surface area contributed by atoms with Crippen LogP contribution in [-0.2, 0) is 5.41 Å². The molecule has 2 aliphatic carbocycles. The van der Waals surface area contributed by atoms with Gasteiger partial charge in [0.1, 0.15) is 0 Å². The third-order valence-electron chi connectivity index (χ3n) is 7.90. The van der Waals surface area contributed by atoms with E-state index in [1.807, 2.05) is 6.92 Å². The molecule has 1 atom stereocenters. The van der Waals surface area contributed by atoms with Crippen LogP contribution in [-0.4, -0.2) is 21.8 Å². The summed E-state index contributed by atoms with van der Waals surface area (Å²) in [6.45, 7) is 6.36. The van der Waals surface area contributed by atoms with Crippen LogP contribution in [0.3, 0.4) is 0 Å². The molecule has 2 aromatic carbocycles. The molecular weight excluding hydrogens is 384 g/mol. The van der Waals surface area contributed by atoms with E-state index in [2.05, 4.69) is 66.6 Å². The van der Waals surface area contributed by atoms with E-state index >= 15 is 0 Å². The van der Waals surface area contributed by atoms with Crippen LogP contribution in [0.4, 0.5) is 0 Å². The second kappa shape index (κ2) is 8.86. The highest BCUT2D eigenvalue weighted by molar-refractivity contribution is 6.14. The molecule has 1 saturated carbocycles. The van der Waals surface area contributed by atoms with E-state index in [-0.39, 0.29) is 11.3 Å². The van der Waals surface area contributed by atoms with Crippen molar-refractivity contribution in [3.63, 3.8) is 0 Å². The van der Waals surface area contributed by atoms with E-state index in [1.165, 1.54) is 41.5 Å². The maximum atomic E-state index is 10.1. The van der Waals surface area contributed by atoms with E-state index in [0.717, 1.165) is 31.2 Å². The van der Waals surface area contributed by atoms with Gasteiger partial charge in [-0.15, -0.1) is 0 Å². The van der Waals surface area contributed by atoms with Crippen LogP contribution < -0.4 is 0 Å². The number of rotatable bonds is 6. The predicted molar refractivity (Wildman–Crippen MR) is 127 cm³/mol. The first-order chi connectivity index (χ1) is 15.1. The average Bonchev–Trinajstić information content (AvgIpc) is 3.12. The van der Waals surface area contributed by atoms with Gasteiger partial charge < -0.3 is 10.4 Å². The van der Waals surface area contributed by atoms with E-state index in [1.54, 1.807) is 0 Å². The summed E-state index contributed by atoms with van der Waals surface area (Å²) in [5.41, 5.74) is 7.46. The van der Waals surface area contributed by atoms with Crippen LogP contribution in [0, 0.1) is 11.8 Å². The number of benzene rings is 2. The average molecular weight is 419 g/mol. The zero-order chi connectivity index (χ0) is 22.0. The Morgan fingerprint density at radius 3 is 2.26 bits per heavy atom. The second-order valence-electron chi connectivity index (χ2n) is 9.20. The summed E-state index contributed by atoms with van der Waals surface area (Å²) in [4.78, 5) is 0. The molecule has 164 valence electrons. The third-order valence-corrected chi connectivity index (χ3v) is 7.90. The topological polar surface area (TPSA) is 65.2 Å². The molecule has 0 aromatic heterocycles. The van der Waals surface area contributed by atoms with Gasteiger partial charge in [0.2, 0.25) is 0 Å². The SMILES string of the molecule is CCC1(CC)c2ccccc2-c2ccc(C(=NO)C(C(C)=NO)C3CCCCC3)cc21. The summed E-state index contributed by atoms with van der Waals surface area (Å²) < 4.78 is 0. The minimum absolute atomic E-state index is 0.0249. The highest BCUT2D eigenvalue weighted by atomic mass is 16.4. The Morgan fingerprint density at radius 2 is 1.61 bits per heavy atom. The molecule has 4 nitrogen and oxygen atoms in total. The van der Waals surface area contributed by atoms with Crippen molar-refractivity contribution in [2.75, 3.05) is 0 Å². The molecule has 1 fully saturated rings. The minimum atomic E-state index is -0.171. The van der Waals surface area contributed by atoms with E-state index in [9.17, 15) is 10.4 Å². The van der Waals surface area contributed by atoms with Crippen molar-refractivity contribution in [1.29, 1.82) is 0 Å². The zero-order valence-electron chi connectivity index (χ0n) is 18.9. The van der Waals surface area contributed by atoms with Crippen LogP contribution in [0.15, 0.2) is 52.8 Å². The second-order valence-corrected chi connectivity index (χ2v) is 9.20. The number of oxime groups is 2. The molecule has 0 saturated heterocycles. The Morgan fingerprint density at radius 1 is 0.935 bits per heavy atom. The highest BCUT2D eigenvalue weighted by Crippen LogP contribution is 2.52. The lowest BCUT2D eigenvalue weighted by atomic mass is 9.72. The maximum absolute atomic E-state index is 10.1. The zero-order valence-corrected chi connectivity index (χ0v) is 18.9. The number of fused-ring (bicyclic) bond motifs is 3. The Labute approximate surface area is 185 Å². The van der Waals surface area contributed by atoms with Crippen LogP contribution in [0.1, 0.15) is 82.4 Å². The highest BCUT2D eigenvalue weighted by Gasteiger charge is 2.41. The molecule has 2 aromatic rings. The number of nitrogens with zero attached hydrogens (tertiary/aromatic N) is 2. The van der Waals surface area contributed by atoms with Crippen molar-refractivity contribution in [2.24, 2.45) is 22.1 Å². The third kappa shape index (κ3) is 3.46. The van der Waals surface area contributed by atoms with Crippen LogP contribution >= 0.6 is 0 Å². The van der Waals surface area contributed by atoms with E-state index in [4.69, 9.17) is 0 Å². The molecule has 0 radical (unpaired) electrons. The Hall–Kier alpha value is -2.62. The fourth-order valence-corrected chi connectivity index (χ4v) is 6.22. The Balaban J connectivity index is 1.83. The Kier molecular flexibility index (Phi) is 6.17. The van der Waals surface area contributed by atoms with Crippen molar-refractivity contribution >= 4 is 11.4 Å². The molecule has 2 N–H and O–H groups in total. The lowest BCUT2D eigenvalue weighted by Gasteiger charge is -2.32. The molecule has 4 rings (SSSR count). The van der Waals surface area contributed by atoms with Gasteiger partial charge in [-0.3, -0.25) is 0 Å². The van der Waals surface area contributed by atoms with Gasteiger partial charge in [-0.2, -0.15) is 0 Å². The van der Waals surface area contributed by atoms with Gasteiger partial charge >= 0.3 is 0 Å². The summed E-state index contributed by atoms with van der Waals surface area (Å²) >= 11 is 0. The van der Waals surface area contributed by atoms with Crippen LogP contribution in [0.25, 0.3) is 11.1 Å². The largest absolute Gasteiger partial charge is 0.411 e. The first kappa shape index (κ1) is 21.6. The molecule has 0 aliphatic heterocycles. The number of hydrogen-bond acceptors (Lipinski definition) is 4. The fourth-order valence-electron chi connectivity index (χ4n) is 6.22. The van der Waals surface area contributed by atoms with Crippen molar-refractivity contribution in [3.05, 3.63) is 59.2 Å². The first-order valence-electron chi connectivity index (χ1n) is 11.8. The molecular formula is C27H34N2O2. The normalized spacial score (nSPS) is 19.7. The lowest BCUT2D eigenvalue weighted by molar-refractivity contribution is 0.291. The molecule has 31 heavy (non-hydrogen) atoms. The minimum Gasteiger partial charge on any atom is -0.411 e. The molecule has 0 heterocycles. The van der Waals surface area contributed by atoms with Gasteiger partial charge in [0.05, 0.1) is 11.4 Å². The molecule has 0 amide bonds. The van der Waals surface area contributed by atoms with Gasteiger partial charge in [-0.05, 0) is 66.8 Å². The van der Waals surface area contributed by atoms with Gasteiger partial charge in [0, 0.05) is 16.9 Å². The van der Waals surface area contributed by atoms with E-state index < -0.39 is 0 Å². The molecule has 4 heteroatoms. The van der Waals surface area contributed by atoms with Gasteiger partial charge in [-0.1, -0.05) is 79.8 Å².